The summed E-state index contributed by atoms with van der Waals surface area (Å²) < 4.78 is 0. The summed E-state index contributed by atoms with van der Waals surface area (Å²) in [5, 5.41) is 12.0. The third-order valence-electron chi connectivity index (χ3n) is 5.93. The largest absolute Gasteiger partial charge is 0.481 e. The van der Waals surface area contributed by atoms with Crippen molar-refractivity contribution in [1.29, 1.82) is 0 Å². The molecule has 0 atom stereocenters. The Labute approximate surface area is 159 Å². The Hall–Kier alpha value is -2.37. The SMILES string of the molecule is CC1CCN(C(=O)c2ccccc2NC(=O)C2CCC(C(=O)O)CC2)CC1. The molecule has 1 saturated carbocycles. The summed E-state index contributed by atoms with van der Waals surface area (Å²) in [6, 6.07) is 7.15. The minimum atomic E-state index is -0.777. The van der Waals surface area contributed by atoms with Crippen LogP contribution in [0.4, 0.5) is 5.69 Å². The van der Waals surface area contributed by atoms with Gasteiger partial charge in [0, 0.05) is 19.0 Å². The standard InChI is InChI=1S/C21H28N2O4/c1-14-10-12-23(13-11-14)20(25)17-4-2-3-5-18(17)22-19(24)15-6-8-16(9-7-15)21(26)27/h2-5,14-16H,6-13H2,1H3,(H,22,24)(H,26,27). The van der Waals surface area contributed by atoms with Crippen molar-refractivity contribution in [2.24, 2.45) is 17.8 Å². The zero-order valence-corrected chi connectivity index (χ0v) is 15.8. The summed E-state index contributed by atoms with van der Waals surface area (Å²) in [5.41, 5.74) is 1.08. The van der Waals surface area contributed by atoms with E-state index in [9.17, 15) is 14.4 Å². The number of para-hydroxylation sites is 1. The van der Waals surface area contributed by atoms with Gasteiger partial charge in [0.15, 0.2) is 0 Å². The molecule has 1 aromatic rings. The van der Waals surface area contributed by atoms with Crippen molar-refractivity contribution in [3.63, 3.8) is 0 Å². The van der Waals surface area contributed by atoms with Crippen LogP contribution in [0, 0.1) is 17.8 Å². The third-order valence-corrected chi connectivity index (χ3v) is 5.93. The number of nitrogens with zero attached hydrogens (tertiary/aromatic N) is 1. The predicted molar refractivity (Wildman–Crippen MR) is 102 cm³/mol. The molecule has 0 radical (unpaired) electrons. The Morgan fingerprint density at radius 2 is 1.56 bits per heavy atom. The van der Waals surface area contributed by atoms with E-state index in [1.165, 1.54) is 0 Å². The van der Waals surface area contributed by atoms with Crippen LogP contribution in [-0.2, 0) is 9.59 Å². The Balaban J connectivity index is 1.65. The monoisotopic (exact) mass is 372 g/mol. The number of carbonyl (C=O) groups is 3. The Morgan fingerprint density at radius 1 is 0.963 bits per heavy atom. The van der Waals surface area contributed by atoms with E-state index in [0.717, 1.165) is 25.9 Å². The average Bonchev–Trinajstić information content (AvgIpc) is 2.68. The van der Waals surface area contributed by atoms with Gasteiger partial charge in [0.25, 0.3) is 5.91 Å². The highest BCUT2D eigenvalue weighted by molar-refractivity contribution is 6.04. The van der Waals surface area contributed by atoms with Gasteiger partial charge in [0.05, 0.1) is 17.2 Å². The van der Waals surface area contributed by atoms with Crippen molar-refractivity contribution >= 4 is 23.5 Å². The van der Waals surface area contributed by atoms with E-state index in [2.05, 4.69) is 12.2 Å². The molecular formula is C21H28N2O4. The third kappa shape index (κ3) is 4.67. The summed E-state index contributed by atoms with van der Waals surface area (Å²) in [6.45, 7) is 3.71. The maximum Gasteiger partial charge on any atom is 0.306 e. The second-order valence-electron chi connectivity index (χ2n) is 7.90. The number of hydrogen-bond donors (Lipinski definition) is 2. The van der Waals surface area contributed by atoms with Crippen molar-refractivity contribution in [2.75, 3.05) is 18.4 Å². The number of carboxylic acid groups (broad SMARTS) is 1. The molecule has 1 aliphatic heterocycles. The summed E-state index contributed by atoms with van der Waals surface area (Å²) in [6.07, 6.45) is 4.21. The summed E-state index contributed by atoms with van der Waals surface area (Å²) in [7, 11) is 0. The normalized spacial score (nSPS) is 23.7. The minimum Gasteiger partial charge on any atom is -0.481 e. The number of benzene rings is 1. The Kier molecular flexibility index (Phi) is 6.14. The topological polar surface area (TPSA) is 86.7 Å². The van der Waals surface area contributed by atoms with Crippen LogP contribution >= 0.6 is 0 Å². The lowest BCUT2D eigenvalue weighted by atomic mass is 9.81. The first-order chi connectivity index (χ1) is 13.0. The molecular weight excluding hydrogens is 344 g/mol. The zero-order chi connectivity index (χ0) is 19.4. The molecule has 0 aromatic heterocycles. The van der Waals surface area contributed by atoms with Crippen LogP contribution in [0.3, 0.4) is 0 Å². The van der Waals surface area contributed by atoms with Crippen LogP contribution in [-0.4, -0.2) is 40.9 Å². The molecule has 2 N–H and O–H groups in total. The fraction of sp³-hybridized carbons (Fsp3) is 0.571. The average molecular weight is 372 g/mol. The zero-order valence-electron chi connectivity index (χ0n) is 15.8. The van der Waals surface area contributed by atoms with Gasteiger partial charge in [0.1, 0.15) is 0 Å². The van der Waals surface area contributed by atoms with Crippen LogP contribution in [0.1, 0.15) is 55.8 Å². The lowest BCUT2D eigenvalue weighted by molar-refractivity contribution is -0.143. The number of anilines is 1. The number of nitrogens with one attached hydrogen (secondary N) is 1. The summed E-state index contributed by atoms with van der Waals surface area (Å²) in [4.78, 5) is 38.5. The molecule has 1 aromatic carbocycles. The molecule has 146 valence electrons. The molecule has 1 saturated heterocycles. The Bertz CT molecular complexity index is 702. The molecule has 6 nitrogen and oxygen atoms in total. The van der Waals surface area contributed by atoms with E-state index in [1.54, 1.807) is 12.1 Å². The predicted octanol–water partition coefficient (Wildman–Crippen LogP) is 3.39. The highest BCUT2D eigenvalue weighted by Gasteiger charge is 2.30. The van der Waals surface area contributed by atoms with Crippen molar-refractivity contribution in [3.8, 4) is 0 Å². The van der Waals surface area contributed by atoms with Gasteiger partial charge in [-0.3, -0.25) is 14.4 Å². The number of hydrogen-bond acceptors (Lipinski definition) is 3. The molecule has 27 heavy (non-hydrogen) atoms. The number of amides is 2. The summed E-state index contributed by atoms with van der Waals surface area (Å²) in [5.74, 6) is -0.826. The van der Waals surface area contributed by atoms with E-state index < -0.39 is 5.97 Å². The summed E-state index contributed by atoms with van der Waals surface area (Å²) >= 11 is 0. The van der Waals surface area contributed by atoms with Crippen molar-refractivity contribution in [3.05, 3.63) is 29.8 Å². The first-order valence-electron chi connectivity index (χ1n) is 9.87. The highest BCUT2D eigenvalue weighted by Crippen LogP contribution is 2.30. The molecule has 6 heteroatoms. The first-order valence-corrected chi connectivity index (χ1v) is 9.87. The fourth-order valence-electron chi connectivity index (χ4n) is 4.00. The maximum atomic E-state index is 12.9. The molecule has 0 spiro atoms. The van der Waals surface area contributed by atoms with Gasteiger partial charge in [0.2, 0.25) is 5.91 Å². The number of rotatable bonds is 4. The first kappa shape index (κ1) is 19.4. The highest BCUT2D eigenvalue weighted by atomic mass is 16.4. The van der Waals surface area contributed by atoms with Crippen molar-refractivity contribution in [2.45, 2.75) is 45.4 Å². The Morgan fingerprint density at radius 3 is 2.19 bits per heavy atom. The van der Waals surface area contributed by atoms with Gasteiger partial charge >= 0.3 is 5.97 Å². The molecule has 1 aliphatic carbocycles. The molecule has 0 bridgehead atoms. The molecule has 3 rings (SSSR count). The lowest BCUT2D eigenvalue weighted by Gasteiger charge is -2.31. The lowest BCUT2D eigenvalue weighted by Crippen LogP contribution is -2.38. The number of piperidine rings is 1. The van der Waals surface area contributed by atoms with Gasteiger partial charge in [-0.2, -0.15) is 0 Å². The second-order valence-corrected chi connectivity index (χ2v) is 7.90. The molecule has 0 unspecified atom stereocenters. The van der Waals surface area contributed by atoms with E-state index in [0.29, 0.717) is 42.9 Å². The second kappa shape index (κ2) is 8.55. The van der Waals surface area contributed by atoms with Crippen LogP contribution in [0.2, 0.25) is 0 Å². The van der Waals surface area contributed by atoms with Crippen LogP contribution < -0.4 is 5.32 Å². The quantitative estimate of drug-likeness (QED) is 0.848. The number of carbonyl (C=O) groups excluding carboxylic acids is 2. The number of carboxylic acids is 1. The van der Waals surface area contributed by atoms with E-state index in [1.807, 2.05) is 17.0 Å². The van der Waals surface area contributed by atoms with E-state index in [4.69, 9.17) is 5.11 Å². The molecule has 1 heterocycles. The van der Waals surface area contributed by atoms with Crippen molar-refractivity contribution in [1.82, 2.24) is 4.90 Å². The smallest absolute Gasteiger partial charge is 0.306 e. The fourth-order valence-corrected chi connectivity index (χ4v) is 4.00. The van der Waals surface area contributed by atoms with Gasteiger partial charge in [-0.15, -0.1) is 0 Å². The van der Waals surface area contributed by atoms with E-state index in [-0.39, 0.29) is 23.7 Å². The number of likely N-dealkylation sites (tertiary alicyclic amines) is 1. The van der Waals surface area contributed by atoms with Gasteiger partial charge in [-0.05, 0) is 56.6 Å². The van der Waals surface area contributed by atoms with Gasteiger partial charge < -0.3 is 15.3 Å². The number of aliphatic carboxylic acids is 1. The van der Waals surface area contributed by atoms with E-state index >= 15 is 0 Å². The van der Waals surface area contributed by atoms with Crippen LogP contribution in [0.25, 0.3) is 0 Å². The molecule has 2 fully saturated rings. The maximum absolute atomic E-state index is 12.9. The van der Waals surface area contributed by atoms with Gasteiger partial charge in [-0.25, -0.2) is 0 Å². The van der Waals surface area contributed by atoms with Crippen LogP contribution in [0.15, 0.2) is 24.3 Å². The molecule has 2 aliphatic rings. The minimum absolute atomic E-state index is 0.0348. The molecule has 2 amide bonds. The van der Waals surface area contributed by atoms with Crippen molar-refractivity contribution < 1.29 is 19.5 Å². The van der Waals surface area contributed by atoms with Gasteiger partial charge in [-0.1, -0.05) is 19.1 Å². The van der Waals surface area contributed by atoms with Crippen LogP contribution in [0.5, 0.6) is 0 Å².